The molecule has 0 aliphatic heterocycles. The molecule has 0 radical (unpaired) electrons. The van der Waals surface area contributed by atoms with Gasteiger partial charge >= 0.3 is 0 Å². The quantitative estimate of drug-likeness (QED) is 0.663. The van der Waals surface area contributed by atoms with Crippen molar-refractivity contribution in [3.8, 4) is 0 Å². The zero-order chi connectivity index (χ0) is 11.2. The standard InChI is InChI=1S/C9H21NO3S/c1-4-13-14(11,12)9(10)7-5-6-8(2)3/h8-9H,4-7,10H2,1-3H3. The van der Waals surface area contributed by atoms with Crippen molar-refractivity contribution in [2.24, 2.45) is 11.7 Å². The number of nitrogens with two attached hydrogens (primary N) is 1. The largest absolute Gasteiger partial charge is 0.313 e. The first-order valence-corrected chi connectivity index (χ1v) is 6.51. The molecule has 0 saturated carbocycles. The van der Waals surface area contributed by atoms with Crippen LogP contribution in [-0.4, -0.2) is 20.4 Å². The van der Waals surface area contributed by atoms with E-state index in [4.69, 9.17) is 5.73 Å². The molecule has 0 saturated heterocycles. The predicted octanol–water partition coefficient (Wildman–Crippen LogP) is 1.46. The molecule has 0 spiro atoms. The Bertz CT molecular complexity index is 236. The zero-order valence-electron chi connectivity index (χ0n) is 9.19. The van der Waals surface area contributed by atoms with Crippen LogP contribution in [-0.2, 0) is 14.3 Å². The van der Waals surface area contributed by atoms with Crippen LogP contribution in [0.25, 0.3) is 0 Å². The maximum absolute atomic E-state index is 11.3. The van der Waals surface area contributed by atoms with Crippen LogP contribution in [0.4, 0.5) is 0 Å². The van der Waals surface area contributed by atoms with Gasteiger partial charge < -0.3 is 5.73 Å². The summed E-state index contributed by atoms with van der Waals surface area (Å²) in [7, 11) is -3.53. The summed E-state index contributed by atoms with van der Waals surface area (Å²) in [5, 5.41) is -0.874. The van der Waals surface area contributed by atoms with Gasteiger partial charge in [-0.2, -0.15) is 8.42 Å². The Labute approximate surface area is 86.9 Å². The van der Waals surface area contributed by atoms with E-state index in [1.807, 2.05) is 0 Å². The third kappa shape index (κ3) is 5.57. The van der Waals surface area contributed by atoms with E-state index in [9.17, 15) is 8.42 Å². The minimum atomic E-state index is -3.53. The average molecular weight is 223 g/mol. The van der Waals surface area contributed by atoms with Crippen LogP contribution in [0.5, 0.6) is 0 Å². The van der Waals surface area contributed by atoms with Gasteiger partial charge in [0.05, 0.1) is 6.61 Å². The van der Waals surface area contributed by atoms with E-state index in [-0.39, 0.29) is 6.61 Å². The fourth-order valence-electron chi connectivity index (χ4n) is 1.12. The SMILES string of the molecule is CCOS(=O)(=O)C(N)CCCC(C)C. The van der Waals surface area contributed by atoms with Crippen molar-refractivity contribution in [1.29, 1.82) is 0 Å². The molecule has 0 aromatic heterocycles. The molecule has 86 valence electrons. The fourth-order valence-corrected chi connectivity index (χ4v) is 2.08. The van der Waals surface area contributed by atoms with Crippen LogP contribution in [0.15, 0.2) is 0 Å². The van der Waals surface area contributed by atoms with E-state index >= 15 is 0 Å². The van der Waals surface area contributed by atoms with Gasteiger partial charge in [0.25, 0.3) is 10.1 Å². The normalized spacial score (nSPS) is 14.6. The van der Waals surface area contributed by atoms with Gasteiger partial charge in [0.2, 0.25) is 0 Å². The average Bonchev–Trinajstić information content (AvgIpc) is 2.03. The van der Waals surface area contributed by atoms with E-state index < -0.39 is 15.5 Å². The molecule has 4 nitrogen and oxygen atoms in total. The molecule has 0 aromatic rings. The Morgan fingerprint density at radius 2 is 1.86 bits per heavy atom. The molecule has 0 rings (SSSR count). The summed E-state index contributed by atoms with van der Waals surface area (Å²) in [6, 6.07) is 0. The summed E-state index contributed by atoms with van der Waals surface area (Å²) in [6.07, 6.45) is 2.29. The summed E-state index contributed by atoms with van der Waals surface area (Å²) in [5.41, 5.74) is 5.51. The zero-order valence-corrected chi connectivity index (χ0v) is 10.0. The molecule has 0 aliphatic carbocycles. The lowest BCUT2D eigenvalue weighted by Crippen LogP contribution is -2.32. The molecule has 1 atom stereocenters. The van der Waals surface area contributed by atoms with Crippen molar-refractivity contribution in [2.75, 3.05) is 6.61 Å². The molecule has 0 fully saturated rings. The number of hydrogen-bond acceptors (Lipinski definition) is 4. The van der Waals surface area contributed by atoms with E-state index in [1.165, 1.54) is 0 Å². The second-order valence-electron chi connectivity index (χ2n) is 3.76. The van der Waals surface area contributed by atoms with Crippen molar-refractivity contribution in [2.45, 2.75) is 45.4 Å². The second-order valence-corrected chi connectivity index (χ2v) is 5.59. The smallest absolute Gasteiger partial charge is 0.283 e. The van der Waals surface area contributed by atoms with Gasteiger partial charge in [0, 0.05) is 0 Å². The second kappa shape index (κ2) is 6.37. The van der Waals surface area contributed by atoms with Crippen LogP contribution < -0.4 is 5.73 Å². The van der Waals surface area contributed by atoms with Gasteiger partial charge in [-0.15, -0.1) is 0 Å². The van der Waals surface area contributed by atoms with Crippen LogP contribution in [0, 0.1) is 5.92 Å². The lowest BCUT2D eigenvalue weighted by Gasteiger charge is -2.12. The van der Waals surface area contributed by atoms with Crippen LogP contribution in [0.1, 0.15) is 40.0 Å². The third-order valence-corrected chi connectivity index (χ3v) is 3.46. The lowest BCUT2D eigenvalue weighted by atomic mass is 10.1. The molecule has 1 unspecified atom stereocenters. The minimum Gasteiger partial charge on any atom is -0.313 e. The minimum absolute atomic E-state index is 0.153. The Morgan fingerprint density at radius 3 is 2.29 bits per heavy atom. The molecule has 0 heterocycles. The molecule has 14 heavy (non-hydrogen) atoms. The molecule has 0 aliphatic rings. The van der Waals surface area contributed by atoms with Crippen molar-refractivity contribution in [3.63, 3.8) is 0 Å². The van der Waals surface area contributed by atoms with Gasteiger partial charge in [-0.1, -0.05) is 26.7 Å². The summed E-state index contributed by atoms with van der Waals surface area (Å²) in [5.74, 6) is 0.581. The molecular formula is C9H21NO3S. The molecule has 0 aromatic carbocycles. The highest BCUT2D eigenvalue weighted by molar-refractivity contribution is 7.87. The topological polar surface area (TPSA) is 69.4 Å². The van der Waals surface area contributed by atoms with Gasteiger partial charge in [-0.3, -0.25) is 4.18 Å². The van der Waals surface area contributed by atoms with Gasteiger partial charge in [-0.05, 0) is 19.3 Å². The van der Waals surface area contributed by atoms with E-state index in [1.54, 1.807) is 6.92 Å². The molecule has 0 bridgehead atoms. The first kappa shape index (κ1) is 13.9. The summed E-state index contributed by atoms with van der Waals surface area (Å²) >= 11 is 0. The van der Waals surface area contributed by atoms with Crippen molar-refractivity contribution < 1.29 is 12.6 Å². The van der Waals surface area contributed by atoms with E-state index in [0.717, 1.165) is 12.8 Å². The summed E-state index contributed by atoms with van der Waals surface area (Å²) < 4.78 is 27.1. The molecular weight excluding hydrogens is 202 g/mol. The number of rotatable bonds is 7. The highest BCUT2D eigenvalue weighted by Gasteiger charge is 2.20. The van der Waals surface area contributed by atoms with Crippen LogP contribution >= 0.6 is 0 Å². The van der Waals surface area contributed by atoms with E-state index in [0.29, 0.717) is 12.3 Å². The summed E-state index contributed by atoms with van der Waals surface area (Å²) in [6.45, 7) is 5.99. The molecule has 0 amide bonds. The van der Waals surface area contributed by atoms with Crippen LogP contribution in [0.2, 0.25) is 0 Å². The van der Waals surface area contributed by atoms with E-state index in [2.05, 4.69) is 18.0 Å². The van der Waals surface area contributed by atoms with Gasteiger partial charge in [0.15, 0.2) is 0 Å². The maximum Gasteiger partial charge on any atom is 0.283 e. The monoisotopic (exact) mass is 223 g/mol. The molecule has 5 heteroatoms. The highest BCUT2D eigenvalue weighted by atomic mass is 32.2. The summed E-state index contributed by atoms with van der Waals surface area (Å²) in [4.78, 5) is 0. The first-order chi connectivity index (χ1) is 6.40. The van der Waals surface area contributed by atoms with Crippen molar-refractivity contribution in [3.05, 3.63) is 0 Å². The van der Waals surface area contributed by atoms with Crippen molar-refractivity contribution >= 4 is 10.1 Å². The van der Waals surface area contributed by atoms with Crippen LogP contribution in [0.3, 0.4) is 0 Å². The first-order valence-electron chi connectivity index (χ1n) is 5.04. The van der Waals surface area contributed by atoms with Gasteiger partial charge in [-0.25, -0.2) is 0 Å². The fraction of sp³-hybridized carbons (Fsp3) is 1.00. The van der Waals surface area contributed by atoms with Gasteiger partial charge in [0.1, 0.15) is 5.37 Å². The molecule has 2 N–H and O–H groups in total. The maximum atomic E-state index is 11.3. The lowest BCUT2D eigenvalue weighted by molar-refractivity contribution is 0.328. The highest BCUT2D eigenvalue weighted by Crippen LogP contribution is 2.11. The number of hydrogen-bond donors (Lipinski definition) is 1. The predicted molar refractivity (Wildman–Crippen MR) is 57.2 cm³/mol. The Balaban J connectivity index is 3.89. The Hall–Kier alpha value is -0.130. The third-order valence-electron chi connectivity index (χ3n) is 1.92. The Kier molecular flexibility index (Phi) is 6.31. The van der Waals surface area contributed by atoms with Crippen molar-refractivity contribution in [1.82, 2.24) is 0 Å². The Morgan fingerprint density at radius 1 is 1.29 bits per heavy atom.